The molecule has 0 unspecified atom stereocenters. The van der Waals surface area contributed by atoms with Crippen LogP contribution in [-0.4, -0.2) is 54.2 Å². The minimum atomic E-state index is -4.16. The number of hydrazine groups is 1. The molecule has 2 amide bonds. The van der Waals surface area contributed by atoms with Crippen molar-refractivity contribution in [3.63, 3.8) is 0 Å². The molecule has 1 aliphatic heterocycles. The first-order valence-electron chi connectivity index (χ1n) is 14.3. The number of carbonyl (C=O) groups is 1. The summed E-state index contributed by atoms with van der Waals surface area (Å²) in [7, 11) is -2.60. The van der Waals surface area contributed by atoms with Gasteiger partial charge in [-0.15, -0.1) is 0 Å². The molecule has 1 aliphatic rings. The number of ether oxygens (including phenoxy) is 1. The summed E-state index contributed by atoms with van der Waals surface area (Å²) in [6.07, 6.45) is 4.79. The van der Waals surface area contributed by atoms with Gasteiger partial charge in [0.05, 0.1) is 35.1 Å². The third kappa shape index (κ3) is 7.28. The zero-order valence-electron chi connectivity index (χ0n) is 25.6. The second-order valence-corrected chi connectivity index (χ2v) is 14.7. The molecule has 0 aliphatic carbocycles. The summed E-state index contributed by atoms with van der Waals surface area (Å²) in [4.78, 5) is 21.2. The predicted octanol–water partition coefficient (Wildman–Crippen LogP) is 6.65. The van der Waals surface area contributed by atoms with E-state index in [1.807, 2.05) is 35.3 Å². The molecule has 0 spiro atoms. The highest BCUT2D eigenvalue weighted by Crippen LogP contribution is 2.39. The van der Waals surface area contributed by atoms with Crippen molar-refractivity contribution in [1.82, 2.24) is 29.7 Å². The Kier molecular flexibility index (Phi) is 10.2. The Balaban J connectivity index is 1.42. The lowest BCUT2D eigenvalue weighted by molar-refractivity contribution is 0.202. The normalized spacial score (nSPS) is 14.0. The van der Waals surface area contributed by atoms with E-state index in [9.17, 15) is 17.6 Å². The highest BCUT2D eigenvalue weighted by atomic mass is 35.5. The van der Waals surface area contributed by atoms with Gasteiger partial charge in [0.1, 0.15) is 17.4 Å². The molecular weight excluding hydrogens is 674 g/mol. The number of methoxy groups -OCH3 is 1. The molecule has 0 saturated carbocycles. The maximum Gasteiger partial charge on any atom is 0.343 e. The van der Waals surface area contributed by atoms with Crippen molar-refractivity contribution < 1.29 is 22.3 Å². The van der Waals surface area contributed by atoms with E-state index in [4.69, 9.17) is 32.9 Å². The number of aryl methyl sites for hydroxylation is 1. The number of halogens is 3. The van der Waals surface area contributed by atoms with E-state index in [0.717, 1.165) is 24.1 Å². The first-order valence-corrected chi connectivity index (χ1v) is 17.6. The molecule has 2 aromatic heterocycles. The van der Waals surface area contributed by atoms with Gasteiger partial charge < -0.3 is 4.74 Å². The number of nitrogens with zero attached hydrogens (tertiary/aromatic N) is 4. The first-order chi connectivity index (χ1) is 21.8. The average Bonchev–Trinajstić information content (AvgIpc) is 3.68. The van der Waals surface area contributed by atoms with Gasteiger partial charge in [-0.1, -0.05) is 60.9 Å². The Morgan fingerprint density at radius 3 is 2.48 bits per heavy atom. The number of amides is 2. The van der Waals surface area contributed by atoms with Gasteiger partial charge in [-0.05, 0) is 66.8 Å². The van der Waals surface area contributed by atoms with E-state index in [0.29, 0.717) is 51.7 Å². The lowest BCUT2D eigenvalue weighted by atomic mass is 9.81. The number of benzene rings is 2. The topological polar surface area (TPSA) is 118 Å². The van der Waals surface area contributed by atoms with E-state index in [-0.39, 0.29) is 9.92 Å². The van der Waals surface area contributed by atoms with Gasteiger partial charge in [0.15, 0.2) is 5.16 Å². The molecule has 2 aromatic carbocycles. The fourth-order valence-corrected chi connectivity index (χ4v) is 7.57. The van der Waals surface area contributed by atoms with E-state index in [1.165, 1.54) is 30.1 Å². The van der Waals surface area contributed by atoms with Crippen molar-refractivity contribution in [1.29, 1.82) is 0 Å². The number of nitrogens with one attached hydrogen (secondary N) is 2. The molecule has 3 heterocycles. The van der Waals surface area contributed by atoms with Crippen molar-refractivity contribution in [3.8, 4) is 11.6 Å². The maximum atomic E-state index is 14.2. The number of pyridine rings is 1. The summed E-state index contributed by atoms with van der Waals surface area (Å²) in [6.45, 7) is 7.05. The number of hydrogen-bond acceptors (Lipinski definition) is 8. The van der Waals surface area contributed by atoms with Crippen LogP contribution in [0.3, 0.4) is 0 Å². The molecule has 244 valence electrons. The van der Waals surface area contributed by atoms with Crippen molar-refractivity contribution >= 4 is 51.0 Å². The lowest BCUT2D eigenvalue weighted by Gasteiger charge is -2.27. The van der Waals surface area contributed by atoms with Crippen LogP contribution < -0.4 is 14.9 Å². The number of sulfonamides is 1. The molecule has 0 radical (unpaired) electrons. The maximum absolute atomic E-state index is 14.2. The van der Waals surface area contributed by atoms with Crippen LogP contribution in [0.25, 0.3) is 5.82 Å². The average molecular weight is 708 g/mol. The molecule has 0 bridgehead atoms. The zero-order valence-corrected chi connectivity index (χ0v) is 28.7. The van der Waals surface area contributed by atoms with E-state index >= 15 is 0 Å². The Labute approximate surface area is 281 Å². The number of thioether (sulfide) groups is 1. The third-order valence-electron chi connectivity index (χ3n) is 7.79. The minimum absolute atomic E-state index is 0.141. The van der Waals surface area contributed by atoms with Gasteiger partial charge in [0.25, 0.3) is 10.0 Å². The van der Waals surface area contributed by atoms with E-state index in [2.05, 4.69) is 10.4 Å². The number of hydrogen-bond donors (Lipinski definition) is 2. The van der Waals surface area contributed by atoms with Gasteiger partial charge >= 0.3 is 6.03 Å². The molecule has 5 rings (SSSR count). The van der Waals surface area contributed by atoms with Crippen LogP contribution in [-0.2, 0) is 21.2 Å². The van der Waals surface area contributed by atoms with Crippen LogP contribution in [0.1, 0.15) is 49.1 Å². The Morgan fingerprint density at radius 1 is 1.07 bits per heavy atom. The Morgan fingerprint density at radius 2 is 1.80 bits per heavy atom. The smallest absolute Gasteiger partial charge is 0.343 e. The quantitative estimate of drug-likeness (QED) is 0.176. The number of carbonyl (C=O) groups excluding carboxylic acids is 1. The number of aromatic nitrogens is 3. The zero-order chi connectivity index (χ0) is 33.2. The van der Waals surface area contributed by atoms with E-state index < -0.39 is 27.3 Å². The van der Waals surface area contributed by atoms with Gasteiger partial charge in [-0.25, -0.2) is 37.3 Å². The molecule has 4 aromatic rings. The van der Waals surface area contributed by atoms with E-state index in [1.54, 1.807) is 43.4 Å². The van der Waals surface area contributed by atoms with Crippen molar-refractivity contribution in [2.45, 2.75) is 54.8 Å². The van der Waals surface area contributed by atoms with Crippen LogP contribution in [0.2, 0.25) is 10.0 Å². The lowest BCUT2D eigenvalue weighted by Crippen LogP contribution is -2.47. The summed E-state index contributed by atoms with van der Waals surface area (Å²) < 4.78 is 49.3. The molecule has 2 N–H and O–H groups in total. The highest BCUT2D eigenvalue weighted by molar-refractivity contribution is 7.98. The third-order valence-corrected chi connectivity index (χ3v) is 10.8. The molecule has 1 saturated heterocycles. The molecule has 46 heavy (non-hydrogen) atoms. The van der Waals surface area contributed by atoms with Gasteiger partial charge in [-0.2, -0.15) is 0 Å². The summed E-state index contributed by atoms with van der Waals surface area (Å²) in [5.41, 5.74) is 4.69. The van der Waals surface area contributed by atoms with Gasteiger partial charge in [-0.3, -0.25) is 9.99 Å². The van der Waals surface area contributed by atoms with Crippen LogP contribution in [0, 0.1) is 12.7 Å². The summed E-state index contributed by atoms with van der Waals surface area (Å²) in [5, 5.41) is 2.93. The summed E-state index contributed by atoms with van der Waals surface area (Å²) in [5.74, 6) is 0.916. The van der Waals surface area contributed by atoms with Gasteiger partial charge in [0, 0.05) is 29.3 Å². The summed E-state index contributed by atoms with van der Waals surface area (Å²) >= 11 is 14.2. The fourth-order valence-electron chi connectivity index (χ4n) is 5.07. The summed E-state index contributed by atoms with van der Waals surface area (Å²) in [6, 6.07) is 10.7. The SMILES string of the molecule is COc1cc(C(C)(C)c2cnc(SCc3ccc(S(=O)(=O)NC(=O)NN4CCCC4)cc3Cl)n2-c2cc(C)c(F)cn2)ccc1Cl. The molecule has 1 fully saturated rings. The fraction of sp³-hybridized carbons (Fsp3) is 0.323. The van der Waals surface area contributed by atoms with Crippen LogP contribution in [0.15, 0.2) is 64.9 Å². The number of urea groups is 1. The minimum Gasteiger partial charge on any atom is -0.495 e. The number of imidazole rings is 1. The second kappa shape index (κ2) is 13.8. The molecule has 10 nitrogen and oxygen atoms in total. The van der Waals surface area contributed by atoms with Crippen LogP contribution in [0.5, 0.6) is 5.75 Å². The Bertz CT molecular complexity index is 1880. The standard InChI is InChI=1S/C31H33Cl2FN6O4S2/c1-19-13-28(35-16-25(19)34)40-27(31(2,3)21-8-10-23(32)26(14-21)44-4)17-36-30(40)45-18-20-7-9-22(15-24(20)33)46(42,43)38-29(41)37-39-11-5-6-12-39/h7-10,13-17H,5-6,11-12,18H2,1-4H3,(H2,37,38,41). The van der Waals surface area contributed by atoms with Crippen LogP contribution in [0.4, 0.5) is 9.18 Å². The largest absolute Gasteiger partial charge is 0.495 e. The highest BCUT2D eigenvalue weighted by Gasteiger charge is 2.31. The van der Waals surface area contributed by atoms with Crippen molar-refractivity contribution in [2.75, 3.05) is 20.2 Å². The second-order valence-electron chi connectivity index (χ2n) is 11.3. The van der Waals surface area contributed by atoms with Gasteiger partial charge in [0.2, 0.25) is 0 Å². The first kappa shape index (κ1) is 34.0. The number of rotatable bonds is 10. The predicted molar refractivity (Wildman–Crippen MR) is 177 cm³/mol. The monoisotopic (exact) mass is 706 g/mol. The molecular formula is C31H33Cl2FN6O4S2. The molecule has 0 atom stereocenters. The van der Waals surface area contributed by atoms with Crippen LogP contribution >= 0.6 is 35.0 Å². The van der Waals surface area contributed by atoms with Crippen molar-refractivity contribution in [3.05, 3.63) is 93.1 Å². The molecule has 15 heteroatoms. The van der Waals surface area contributed by atoms with Crippen molar-refractivity contribution in [2.24, 2.45) is 0 Å². The Hall–Kier alpha value is -3.36.